The number of benzene rings is 1. The zero-order valence-electron chi connectivity index (χ0n) is 14.6. The highest BCUT2D eigenvalue weighted by Gasteiger charge is 2.20. The SMILES string of the molecule is CN1CCC(c2cc(CO)cc(NC(=O)OC(C)(C)C)c2)CC1. The van der Waals surface area contributed by atoms with Crippen LogP contribution in [0.1, 0.15) is 50.7 Å². The average molecular weight is 320 g/mol. The van der Waals surface area contributed by atoms with Crippen LogP contribution in [0.25, 0.3) is 0 Å². The van der Waals surface area contributed by atoms with E-state index in [0.29, 0.717) is 11.6 Å². The molecule has 1 amide bonds. The quantitative estimate of drug-likeness (QED) is 0.897. The first kappa shape index (κ1) is 17.8. The van der Waals surface area contributed by atoms with Gasteiger partial charge in [0, 0.05) is 5.69 Å². The Labute approximate surface area is 138 Å². The van der Waals surface area contributed by atoms with Gasteiger partial charge in [0.15, 0.2) is 0 Å². The minimum absolute atomic E-state index is 0.0382. The normalized spacial score (nSPS) is 17.1. The van der Waals surface area contributed by atoms with Gasteiger partial charge >= 0.3 is 6.09 Å². The fourth-order valence-corrected chi connectivity index (χ4v) is 2.88. The number of nitrogens with zero attached hydrogens (tertiary/aromatic N) is 1. The van der Waals surface area contributed by atoms with Crippen molar-refractivity contribution in [1.82, 2.24) is 4.90 Å². The summed E-state index contributed by atoms with van der Waals surface area (Å²) in [6.07, 6.45) is 1.72. The summed E-state index contributed by atoms with van der Waals surface area (Å²) in [4.78, 5) is 14.3. The molecule has 0 unspecified atom stereocenters. The predicted molar refractivity (Wildman–Crippen MR) is 91.7 cm³/mol. The molecule has 128 valence electrons. The van der Waals surface area contributed by atoms with Crippen LogP contribution in [-0.4, -0.2) is 41.8 Å². The maximum atomic E-state index is 12.0. The van der Waals surface area contributed by atoms with Gasteiger partial charge in [-0.15, -0.1) is 0 Å². The Balaban J connectivity index is 2.13. The van der Waals surface area contributed by atoms with Crippen LogP contribution in [-0.2, 0) is 11.3 Å². The van der Waals surface area contributed by atoms with E-state index in [1.165, 1.54) is 5.56 Å². The van der Waals surface area contributed by atoms with E-state index in [9.17, 15) is 9.90 Å². The first-order valence-corrected chi connectivity index (χ1v) is 8.20. The number of aliphatic hydroxyl groups excluding tert-OH is 1. The Kier molecular flexibility index (Phi) is 5.65. The molecule has 0 radical (unpaired) electrons. The number of rotatable bonds is 3. The maximum Gasteiger partial charge on any atom is 0.412 e. The van der Waals surface area contributed by atoms with Gasteiger partial charge in [0.2, 0.25) is 0 Å². The van der Waals surface area contributed by atoms with E-state index in [1.807, 2.05) is 32.9 Å². The first-order valence-electron chi connectivity index (χ1n) is 8.20. The molecular weight excluding hydrogens is 292 g/mol. The highest BCUT2D eigenvalue weighted by Crippen LogP contribution is 2.30. The smallest absolute Gasteiger partial charge is 0.412 e. The van der Waals surface area contributed by atoms with Crippen molar-refractivity contribution in [3.05, 3.63) is 29.3 Å². The van der Waals surface area contributed by atoms with Gasteiger partial charge in [-0.25, -0.2) is 4.79 Å². The van der Waals surface area contributed by atoms with Crippen LogP contribution in [0.3, 0.4) is 0 Å². The third kappa shape index (κ3) is 5.52. The molecular formula is C18H28N2O3. The first-order chi connectivity index (χ1) is 10.8. The van der Waals surface area contributed by atoms with E-state index in [1.54, 1.807) is 6.07 Å². The van der Waals surface area contributed by atoms with Crippen LogP contribution in [0.15, 0.2) is 18.2 Å². The number of hydrogen-bond acceptors (Lipinski definition) is 4. The lowest BCUT2D eigenvalue weighted by Gasteiger charge is -2.29. The van der Waals surface area contributed by atoms with E-state index < -0.39 is 11.7 Å². The van der Waals surface area contributed by atoms with E-state index in [4.69, 9.17) is 4.74 Å². The third-order valence-corrected chi connectivity index (χ3v) is 4.03. The average Bonchev–Trinajstić information content (AvgIpc) is 2.45. The molecule has 0 saturated carbocycles. The van der Waals surface area contributed by atoms with Gasteiger partial charge in [-0.05, 0) is 82.9 Å². The lowest BCUT2D eigenvalue weighted by Crippen LogP contribution is -2.29. The summed E-state index contributed by atoms with van der Waals surface area (Å²) in [5.74, 6) is 0.469. The minimum Gasteiger partial charge on any atom is -0.444 e. The van der Waals surface area contributed by atoms with E-state index in [2.05, 4.69) is 17.3 Å². The Hall–Kier alpha value is -1.59. The lowest BCUT2D eigenvalue weighted by molar-refractivity contribution is 0.0636. The molecule has 2 rings (SSSR count). The third-order valence-electron chi connectivity index (χ3n) is 4.03. The summed E-state index contributed by atoms with van der Waals surface area (Å²) in [5.41, 5.74) is 2.14. The summed E-state index contributed by atoms with van der Waals surface area (Å²) in [6.45, 7) is 7.61. The summed E-state index contributed by atoms with van der Waals surface area (Å²) < 4.78 is 5.30. The molecule has 0 aliphatic carbocycles. The second-order valence-electron chi connectivity index (χ2n) is 7.33. The molecule has 0 spiro atoms. The van der Waals surface area contributed by atoms with Crippen molar-refractivity contribution in [3.63, 3.8) is 0 Å². The molecule has 0 atom stereocenters. The number of piperidine rings is 1. The molecule has 1 aromatic carbocycles. The van der Waals surface area contributed by atoms with Gasteiger partial charge in [0.25, 0.3) is 0 Å². The Bertz CT molecular complexity index is 544. The molecule has 23 heavy (non-hydrogen) atoms. The van der Waals surface area contributed by atoms with Gasteiger partial charge in [0.05, 0.1) is 6.61 Å². The number of carbonyl (C=O) groups is 1. The van der Waals surface area contributed by atoms with Crippen molar-refractivity contribution >= 4 is 11.8 Å². The van der Waals surface area contributed by atoms with Gasteiger partial charge in [-0.1, -0.05) is 6.07 Å². The molecule has 1 saturated heterocycles. The molecule has 1 heterocycles. The van der Waals surface area contributed by atoms with Gasteiger partial charge in [0.1, 0.15) is 5.60 Å². The largest absolute Gasteiger partial charge is 0.444 e. The standard InChI is InChI=1S/C18H28N2O3/c1-18(2,3)23-17(22)19-16-10-13(12-21)9-15(11-16)14-5-7-20(4)8-6-14/h9-11,14,21H,5-8,12H2,1-4H3,(H,19,22). The van der Waals surface area contributed by atoms with Crippen LogP contribution in [0, 0.1) is 0 Å². The van der Waals surface area contributed by atoms with Crippen LogP contribution in [0.2, 0.25) is 0 Å². The molecule has 1 fully saturated rings. The molecule has 0 bridgehead atoms. The van der Waals surface area contributed by atoms with Crippen LogP contribution in [0.5, 0.6) is 0 Å². The van der Waals surface area contributed by atoms with Crippen molar-refractivity contribution in [2.45, 2.75) is 51.7 Å². The molecule has 5 nitrogen and oxygen atoms in total. The highest BCUT2D eigenvalue weighted by molar-refractivity contribution is 5.85. The van der Waals surface area contributed by atoms with Crippen molar-refractivity contribution in [3.8, 4) is 0 Å². The second kappa shape index (κ2) is 7.32. The number of nitrogens with one attached hydrogen (secondary N) is 1. The molecule has 1 aliphatic rings. The van der Waals surface area contributed by atoms with Gasteiger partial charge in [-0.3, -0.25) is 5.32 Å². The van der Waals surface area contributed by atoms with Crippen molar-refractivity contribution in [2.75, 3.05) is 25.5 Å². The summed E-state index contributed by atoms with van der Waals surface area (Å²) in [7, 11) is 2.13. The lowest BCUT2D eigenvalue weighted by atomic mass is 9.88. The Morgan fingerprint density at radius 3 is 2.52 bits per heavy atom. The van der Waals surface area contributed by atoms with Gasteiger partial charge < -0.3 is 14.7 Å². The molecule has 5 heteroatoms. The minimum atomic E-state index is -0.532. The summed E-state index contributed by atoms with van der Waals surface area (Å²) in [5, 5.41) is 12.3. The zero-order chi connectivity index (χ0) is 17.0. The van der Waals surface area contributed by atoms with E-state index in [-0.39, 0.29) is 6.61 Å². The van der Waals surface area contributed by atoms with E-state index >= 15 is 0 Å². The maximum absolute atomic E-state index is 12.0. The van der Waals surface area contributed by atoms with Gasteiger partial charge in [-0.2, -0.15) is 0 Å². The number of likely N-dealkylation sites (tertiary alicyclic amines) is 1. The van der Waals surface area contributed by atoms with Crippen LogP contribution in [0.4, 0.5) is 10.5 Å². The van der Waals surface area contributed by atoms with Crippen molar-refractivity contribution in [1.29, 1.82) is 0 Å². The molecule has 1 aliphatic heterocycles. The summed E-state index contributed by atoms with van der Waals surface area (Å²) >= 11 is 0. The predicted octanol–water partition coefficient (Wildman–Crippen LogP) is 3.34. The molecule has 2 N–H and O–H groups in total. The second-order valence-corrected chi connectivity index (χ2v) is 7.33. The fraction of sp³-hybridized carbons (Fsp3) is 0.611. The Morgan fingerprint density at radius 2 is 1.96 bits per heavy atom. The summed E-state index contributed by atoms with van der Waals surface area (Å²) in [6, 6.07) is 5.83. The van der Waals surface area contributed by atoms with Crippen molar-refractivity contribution in [2.24, 2.45) is 0 Å². The highest BCUT2D eigenvalue weighted by atomic mass is 16.6. The number of aliphatic hydroxyl groups is 1. The number of carbonyl (C=O) groups excluding carboxylic acids is 1. The zero-order valence-corrected chi connectivity index (χ0v) is 14.6. The van der Waals surface area contributed by atoms with Crippen molar-refractivity contribution < 1.29 is 14.6 Å². The molecule has 1 aromatic rings. The fourth-order valence-electron chi connectivity index (χ4n) is 2.88. The topological polar surface area (TPSA) is 61.8 Å². The van der Waals surface area contributed by atoms with Crippen LogP contribution < -0.4 is 5.32 Å². The number of ether oxygens (including phenoxy) is 1. The number of amides is 1. The van der Waals surface area contributed by atoms with E-state index in [0.717, 1.165) is 31.5 Å². The van der Waals surface area contributed by atoms with Crippen LogP contribution >= 0.6 is 0 Å². The number of anilines is 1. The Morgan fingerprint density at radius 1 is 1.30 bits per heavy atom. The molecule has 0 aromatic heterocycles. The number of hydrogen-bond donors (Lipinski definition) is 2. The monoisotopic (exact) mass is 320 g/mol.